The molecule has 0 radical (unpaired) electrons. The molecule has 0 fully saturated rings. The molecular formula is C16H19NO5. The number of carbonyl (C=O) groups is 2. The molecule has 0 heterocycles. The van der Waals surface area contributed by atoms with E-state index in [2.05, 4.69) is 17.3 Å². The van der Waals surface area contributed by atoms with Crippen molar-refractivity contribution in [3.8, 4) is 17.7 Å². The van der Waals surface area contributed by atoms with Crippen molar-refractivity contribution in [2.24, 2.45) is 0 Å². The molecule has 6 nitrogen and oxygen atoms in total. The SMILES string of the molecule is COCOc1cccc(C(=O)C#CNC(=O)OC(C)(C)C)c1. The van der Waals surface area contributed by atoms with Crippen LogP contribution in [0.5, 0.6) is 5.75 Å². The van der Waals surface area contributed by atoms with Gasteiger partial charge < -0.3 is 14.2 Å². The van der Waals surface area contributed by atoms with Crippen molar-refractivity contribution >= 4 is 11.9 Å². The highest BCUT2D eigenvalue weighted by molar-refractivity contribution is 6.09. The highest BCUT2D eigenvalue weighted by atomic mass is 16.7. The van der Waals surface area contributed by atoms with Gasteiger partial charge in [0.25, 0.3) is 0 Å². The molecule has 6 heteroatoms. The highest BCUT2D eigenvalue weighted by Crippen LogP contribution is 2.13. The summed E-state index contributed by atoms with van der Waals surface area (Å²) in [7, 11) is 1.50. The van der Waals surface area contributed by atoms with Crippen molar-refractivity contribution in [1.82, 2.24) is 5.32 Å². The molecule has 0 saturated heterocycles. The molecule has 0 unspecified atom stereocenters. The van der Waals surface area contributed by atoms with Crippen LogP contribution in [0.1, 0.15) is 31.1 Å². The molecule has 1 N–H and O–H groups in total. The maximum absolute atomic E-state index is 11.9. The number of Topliss-reactive ketones (excluding diaryl/α,β-unsaturated/α-hetero) is 1. The molecule has 0 aliphatic carbocycles. The molecule has 22 heavy (non-hydrogen) atoms. The second-order valence-electron chi connectivity index (χ2n) is 5.28. The molecule has 118 valence electrons. The topological polar surface area (TPSA) is 73.9 Å². The molecule has 0 bridgehead atoms. The zero-order chi connectivity index (χ0) is 16.6. The predicted molar refractivity (Wildman–Crippen MR) is 80.4 cm³/mol. The fourth-order valence-corrected chi connectivity index (χ4v) is 1.37. The molecule has 0 aromatic heterocycles. The minimum absolute atomic E-state index is 0.0868. The zero-order valence-electron chi connectivity index (χ0n) is 13.1. The van der Waals surface area contributed by atoms with E-state index in [4.69, 9.17) is 14.2 Å². The number of hydrogen-bond acceptors (Lipinski definition) is 5. The lowest BCUT2D eigenvalue weighted by molar-refractivity contribution is 0.0510. The van der Waals surface area contributed by atoms with Gasteiger partial charge in [-0.05, 0) is 32.9 Å². The molecule has 1 aromatic carbocycles. The number of ketones is 1. The maximum atomic E-state index is 11.9. The van der Waals surface area contributed by atoms with Gasteiger partial charge in [0.05, 0.1) is 0 Å². The number of benzene rings is 1. The van der Waals surface area contributed by atoms with E-state index in [-0.39, 0.29) is 6.79 Å². The van der Waals surface area contributed by atoms with Crippen LogP contribution in [0.2, 0.25) is 0 Å². The van der Waals surface area contributed by atoms with Crippen LogP contribution in [0.25, 0.3) is 0 Å². The molecule has 0 spiro atoms. The van der Waals surface area contributed by atoms with Gasteiger partial charge in [-0.3, -0.25) is 4.79 Å². The summed E-state index contributed by atoms with van der Waals surface area (Å²) in [5, 5.41) is 2.19. The first-order valence-corrected chi connectivity index (χ1v) is 6.58. The van der Waals surface area contributed by atoms with Crippen molar-refractivity contribution in [1.29, 1.82) is 0 Å². The molecule has 0 atom stereocenters. The fraction of sp³-hybridized carbons (Fsp3) is 0.375. The summed E-state index contributed by atoms with van der Waals surface area (Å²) in [6, 6.07) is 8.79. The van der Waals surface area contributed by atoms with E-state index in [0.717, 1.165) is 0 Å². The molecule has 1 rings (SSSR count). The number of nitrogens with one attached hydrogen (secondary N) is 1. The van der Waals surface area contributed by atoms with Gasteiger partial charge in [0.2, 0.25) is 5.78 Å². The van der Waals surface area contributed by atoms with E-state index < -0.39 is 17.5 Å². The Morgan fingerprint density at radius 2 is 2.00 bits per heavy atom. The lowest BCUT2D eigenvalue weighted by atomic mass is 10.1. The number of hydrogen-bond donors (Lipinski definition) is 1. The van der Waals surface area contributed by atoms with Crippen molar-refractivity contribution in [2.75, 3.05) is 13.9 Å². The molecular weight excluding hydrogens is 286 g/mol. The number of methoxy groups -OCH3 is 1. The Labute approximate surface area is 129 Å². The molecule has 0 aliphatic heterocycles. The maximum Gasteiger partial charge on any atom is 0.419 e. The third-order valence-electron chi connectivity index (χ3n) is 2.18. The summed E-state index contributed by atoms with van der Waals surface area (Å²) >= 11 is 0. The Kier molecular flexibility index (Phi) is 6.42. The van der Waals surface area contributed by atoms with E-state index in [9.17, 15) is 9.59 Å². The van der Waals surface area contributed by atoms with Gasteiger partial charge in [-0.2, -0.15) is 0 Å². The van der Waals surface area contributed by atoms with Crippen molar-refractivity contribution in [3.63, 3.8) is 0 Å². The number of alkyl carbamates (subject to hydrolysis) is 1. The monoisotopic (exact) mass is 305 g/mol. The van der Waals surface area contributed by atoms with Crippen LogP contribution in [-0.2, 0) is 9.47 Å². The van der Waals surface area contributed by atoms with Crippen LogP contribution in [0, 0.1) is 12.0 Å². The predicted octanol–water partition coefficient (Wildman–Crippen LogP) is 2.34. The van der Waals surface area contributed by atoms with Crippen molar-refractivity contribution in [3.05, 3.63) is 29.8 Å². The van der Waals surface area contributed by atoms with Gasteiger partial charge in [0.1, 0.15) is 11.4 Å². The van der Waals surface area contributed by atoms with Gasteiger partial charge in [-0.1, -0.05) is 12.1 Å². The van der Waals surface area contributed by atoms with Gasteiger partial charge in [-0.25, -0.2) is 10.1 Å². The quantitative estimate of drug-likeness (QED) is 0.400. The first kappa shape index (κ1) is 17.5. The van der Waals surface area contributed by atoms with E-state index >= 15 is 0 Å². The standard InChI is InChI=1S/C16H19NO5/c1-16(2,3)22-15(19)17-9-8-14(18)12-6-5-7-13(10-12)21-11-20-4/h5-7,10H,11H2,1-4H3,(H,17,19). The average Bonchev–Trinajstić information content (AvgIpc) is 2.43. The van der Waals surface area contributed by atoms with Crippen LogP contribution in [0.4, 0.5) is 4.79 Å². The van der Waals surface area contributed by atoms with Crippen LogP contribution in [0.15, 0.2) is 24.3 Å². The number of carbonyl (C=O) groups excluding carboxylic acids is 2. The smallest absolute Gasteiger partial charge is 0.419 e. The van der Waals surface area contributed by atoms with Crippen LogP contribution in [0.3, 0.4) is 0 Å². The highest BCUT2D eigenvalue weighted by Gasteiger charge is 2.15. The summed E-state index contributed by atoms with van der Waals surface area (Å²) in [6.45, 7) is 5.29. The molecule has 1 amide bonds. The van der Waals surface area contributed by atoms with Crippen molar-refractivity contribution in [2.45, 2.75) is 26.4 Å². The van der Waals surface area contributed by atoms with E-state index in [1.807, 2.05) is 0 Å². The van der Waals surface area contributed by atoms with Crippen LogP contribution in [-0.4, -0.2) is 31.4 Å². The lowest BCUT2D eigenvalue weighted by Crippen LogP contribution is -2.30. The Balaban J connectivity index is 2.62. The minimum Gasteiger partial charge on any atom is -0.468 e. The molecule has 0 aliphatic rings. The largest absolute Gasteiger partial charge is 0.468 e. The van der Waals surface area contributed by atoms with Gasteiger partial charge in [0.15, 0.2) is 6.79 Å². The summed E-state index contributed by atoms with van der Waals surface area (Å²) in [5.74, 6) is 2.36. The van der Waals surface area contributed by atoms with Crippen molar-refractivity contribution < 1.29 is 23.8 Å². The van der Waals surface area contributed by atoms with Gasteiger partial charge in [0, 0.05) is 24.6 Å². The van der Waals surface area contributed by atoms with E-state index in [1.54, 1.807) is 45.0 Å². The first-order valence-electron chi connectivity index (χ1n) is 6.58. The lowest BCUT2D eigenvalue weighted by Gasteiger charge is -2.18. The fourth-order valence-electron chi connectivity index (χ4n) is 1.37. The Morgan fingerprint density at radius 1 is 1.27 bits per heavy atom. The van der Waals surface area contributed by atoms with E-state index in [1.165, 1.54) is 7.11 Å². The van der Waals surface area contributed by atoms with Gasteiger partial charge >= 0.3 is 6.09 Å². The average molecular weight is 305 g/mol. The number of rotatable bonds is 4. The summed E-state index contributed by atoms with van der Waals surface area (Å²) in [5.41, 5.74) is -0.268. The minimum atomic E-state index is -0.704. The Bertz CT molecular complexity index is 593. The number of amides is 1. The second-order valence-corrected chi connectivity index (χ2v) is 5.28. The van der Waals surface area contributed by atoms with Crippen LogP contribution < -0.4 is 10.1 Å². The summed E-state index contributed by atoms with van der Waals surface area (Å²) in [4.78, 5) is 23.3. The first-order chi connectivity index (χ1) is 10.3. The molecule has 1 aromatic rings. The number of ether oxygens (including phenoxy) is 3. The zero-order valence-corrected chi connectivity index (χ0v) is 13.1. The third-order valence-corrected chi connectivity index (χ3v) is 2.18. The van der Waals surface area contributed by atoms with Gasteiger partial charge in [-0.15, -0.1) is 0 Å². The van der Waals surface area contributed by atoms with Crippen LogP contribution >= 0.6 is 0 Å². The Morgan fingerprint density at radius 3 is 2.64 bits per heavy atom. The molecule has 0 saturated carbocycles. The Hall–Kier alpha value is -2.52. The third kappa shape index (κ3) is 6.77. The summed E-state index contributed by atoms with van der Waals surface area (Å²) in [6.07, 6.45) is -0.704. The van der Waals surface area contributed by atoms with E-state index in [0.29, 0.717) is 11.3 Å². The normalized spacial score (nSPS) is 10.2. The second kappa shape index (κ2) is 8.05. The summed E-state index contributed by atoms with van der Waals surface area (Å²) < 4.78 is 15.0.